The van der Waals surface area contributed by atoms with Gasteiger partial charge in [0.15, 0.2) is 0 Å². The summed E-state index contributed by atoms with van der Waals surface area (Å²) in [6.07, 6.45) is 3.50. The van der Waals surface area contributed by atoms with Crippen LogP contribution in [-0.2, 0) is 0 Å². The molecule has 1 nitrogen and oxygen atoms in total. The zero-order valence-corrected chi connectivity index (χ0v) is 4.56. The molecule has 8 heavy (non-hydrogen) atoms. The van der Waals surface area contributed by atoms with E-state index in [9.17, 15) is 0 Å². The van der Waals surface area contributed by atoms with Gasteiger partial charge in [0.05, 0.1) is 0 Å². The van der Waals surface area contributed by atoms with Gasteiger partial charge in [-0.3, -0.25) is 4.98 Å². The van der Waals surface area contributed by atoms with Crippen LogP contribution < -0.4 is 0 Å². The van der Waals surface area contributed by atoms with E-state index in [1.54, 1.807) is 12.4 Å². The van der Waals surface area contributed by atoms with Crippen LogP contribution in [0.1, 0.15) is 0 Å². The summed E-state index contributed by atoms with van der Waals surface area (Å²) in [5, 5.41) is 0. The molecule has 1 heterocycles. The van der Waals surface area contributed by atoms with Crippen LogP contribution in [0.5, 0.6) is 0 Å². The molecule has 0 bridgehead atoms. The van der Waals surface area contributed by atoms with Crippen LogP contribution in [0.4, 0.5) is 0 Å². The molecule has 0 aliphatic heterocycles. The van der Waals surface area contributed by atoms with Gasteiger partial charge in [-0.2, -0.15) is 0 Å². The number of rotatable bonds is 0. The Morgan fingerprint density at radius 1 is 0.875 bits per heavy atom. The van der Waals surface area contributed by atoms with Crippen LogP contribution in [-0.4, -0.2) is 34.5 Å². The maximum atomic E-state index is 3.78. The van der Waals surface area contributed by atoms with Crippen molar-refractivity contribution in [2.24, 2.45) is 0 Å². The summed E-state index contributed by atoms with van der Waals surface area (Å²) in [5.41, 5.74) is 0. The van der Waals surface area contributed by atoms with Gasteiger partial charge in [-0.1, -0.05) is 6.07 Å². The molecule has 3 heteroatoms. The first-order valence-electron chi connectivity index (χ1n) is 1.85. The van der Waals surface area contributed by atoms with E-state index in [1.807, 2.05) is 18.2 Å². The van der Waals surface area contributed by atoms with Gasteiger partial charge in [-0.05, 0) is 12.1 Å². The number of nitrogens with zero attached hydrogens (tertiary/aromatic N) is 1. The van der Waals surface area contributed by atoms with Gasteiger partial charge in [0.1, 0.15) is 0 Å². The quantitative estimate of drug-likeness (QED) is 0.486. The minimum absolute atomic E-state index is 0. The predicted molar refractivity (Wildman–Crippen MR) is 38.6 cm³/mol. The summed E-state index contributed by atoms with van der Waals surface area (Å²) in [6, 6.07) is 5.72. The average Bonchev–Trinajstić information content (AvgIpc) is 1.72. The van der Waals surface area contributed by atoms with Crippen molar-refractivity contribution < 1.29 is 0 Å². The number of hydrogen-bond donors (Lipinski definition) is 0. The molecule has 0 N–H and O–H groups in total. The topological polar surface area (TPSA) is 12.9 Å². The van der Waals surface area contributed by atoms with E-state index < -0.39 is 0 Å². The van der Waals surface area contributed by atoms with Gasteiger partial charge >= 0.3 is 29.6 Å². The van der Waals surface area contributed by atoms with Crippen molar-refractivity contribution in [3.05, 3.63) is 30.6 Å². The van der Waals surface area contributed by atoms with Crippen molar-refractivity contribution in [1.29, 1.82) is 0 Å². The molecule has 1 aromatic heterocycles. The fourth-order valence-corrected chi connectivity index (χ4v) is 0.313. The summed E-state index contributed by atoms with van der Waals surface area (Å²) in [5.74, 6) is 0. The van der Waals surface area contributed by atoms with Crippen molar-refractivity contribution in [1.82, 2.24) is 4.98 Å². The fourth-order valence-electron chi connectivity index (χ4n) is 0.313. The molecule has 0 unspecified atom stereocenters. The first-order chi connectivity index (χ1) is 3.00. The second-order valence-corrected chi connectivity index (χ2v) is 1.02. The molecule has 0 saturated heterocycles. The molecule has 1 rings (SSSR count). The minimum atomic E-state index is 0. The Morgan fingerprint density at radius 3 is 1.50 bits per heavy atom. The zero-order chi connectivity index (χ0) is 4.24. The van der Waals surface area contributed by atoms with Crippen molar-refractivity contribution in [2.45, 2.75) is 0 Å². The smallest absolute Gasteiger partial charge is 0.0267 e. The van der Waals surface area contributed by atoms with Crippen molar-refractivity contribution in [2.75, 3.05) is 0 Å². The maximum absolute atomic E-state index is 3.78. The molecule has 0 spiro atoms. The largest absolute Gasteiger partial charge is 0.265 e. The third-order valence-corrected chi connectivity index (χ3v) is 0.566. The van der Waals surface area contributed by atoms with E-state index in [1.165, 1.54) is 0 Å². The predicted octanol–water partition coefficient (Wildman–Crippen LogP) is 0.855. The van der Waals surface area contributed by atoms with E-state index in [0.29, 0.717) is 0 Å². The third kappa shape index (κ3) is 4.60. The number of pyridine rings is 1. The second-order valence-electron chi connectivity index (χ2n) is 1.02. The zero-order valence-electron chi connectivity index (χ0n) is 3.74. The van der Waals surface area contributed by atoms with Crippen LogP contribution in [0.2, 0.25) is 0 Å². The normalized spacial score (nSPS) is 6.00. The van der Waals surface area contributed by atoms with Crippen LogP contribution in [0.15, 0.2) is 30.6 Å². The van der Waals surface area contributed by atoms with Gasteiger partial charge in [0.2, 0.25) is 0 Å². The van der Waals surface area contributed by atoms with Gasteiger partial charge in [-0.25, -0.2) is 0 Å². The summed E-state index contributed by atoms with van der Waals surface area (Å²) in [4.78, 5) is 3.78. The molecule has 40 valence electrons. The number of halogens is 1. The molecular formula is C5H7ClNNa. The van der Waals surface area contributed by atoms with E-state index >= 15 is 0 Å². The summed E-state index contributed by atoms with van der Waals surface area (Å²) >= 11 is 0. The maximum Gasteiger partial charge on any atom is 0.0267 e. The molecule has 0 aliphatic carbocycles. The molecule has 0 saturated carbocycles. The SMILES string of the molecule is Cl.[NaH].c1ccncc1. The first kappa shape index (κ1) is 11.3. The van der Waals surface area contributed by atoms with Crippen molar-refractivity contribution in [3.63, 3.8) is 0 Å². The van der Waals surface area contributed by atoms with Gasteiger partial charge < -0.3 is 0 Å². The van der Waals surface area contributed by atoms with E-state index in [0.717, 1.165) is 0 Å². The van der Waals surface area contributed by atoms with Crippen molar-refractivity contribution >= 4 is 42.0 Å². The number of aromatic nitrogens is 1. The molecular weight excluding hydrogens is 133 g/mol. The van der Waals surface area contributed by atoms with Crippen LogP contribution in [0.3, 0.4) is 0 Å². The van der Waals surface area contributed by atoms with Gasteiger partial charge in [-0.15, -0.1) is 12.4 Å². The van der Waals surface area contributed by atoms with Gasteiger partial charge in [0, 0.05) is 12.4 Å². The van der Waals surface area contributed by atoms with E-state index in [2.05, 4.69) is 4.98 Å². The Hall–Kier alpha value is 0.440. The van der Waals surface area contributed by atoms with Crippen LogP contribution in [0.25, 0.3) is 0 Å². The molecule has 0 amide bonds. The second kappa shape index (κ2) is 7.44. The average molecular weight is 140 g/mol. The molecule has 0 fully saturated rings. The van der Waals surface area contributed by atoms with E-state index in [-0.39, 0.29) is 42.0 Å². The third-order valence-electron chi connectivity index (χ3n) is 0.566. The first-order valence-corrected chi connectivity index (χ1v) is 1.85. The minimum Gasteiger partial charge on any atom is -0.265 e. The molecule has 1 aromatic rings. The van der Waals surface area contributed by atoms with E-state index in [4.69, 9.17) is 0 Å². The summed E-state index contributed by atoms with van der Waals surface area (Å²) in [6.45, 7) is 0. The van der Waals surface area contributed by atoms with Crippen molar-refractivity contribution in [3.8, 4) is 0 Å². The molecule has 0 atom stereocenters. The summed E-state index contributed by atoms with van der Waals surface area (Å²) in [7, 11) is 0. The fraction of sp³-hybridized carbons (Fsp3) is 0. The molecule has 0 aromatic carbocycles. The molecule has 0 aliphatic rings. The Kier molecular flexibility index (Phi) is 10.5. The monoisotopic (exact) mass is 139 g/mol. The summed E-state index contributed by atoms with van der Waals surface area (Å²) < 4.78 is 0. The van der Waals surface area contributed by atoms with Crippen LogP contribution in [0, 0.1) is 0 Å². The Morgan fingerprint density at radius 2 is 1.38 bits per heavy atom. The Labute approximate surface area is 77.2 Å². The molecule has 0 radical (unpaired) electrons. The standard InChI is InChI=1S/C5H5N.ClH.Na.H/c1-2-4-6-5-3-1;;;/h1-5H;1H;;. The Bertz CT molecular complexity index is 84.4. The van der Waals surface area contributed by atoms with Crippen LogP contribution >= 0.6 is 12.4 Å². The van der Waals surface area contributed by atoms with Gasteiger partial charge in [0.25, 0.3) is 0 Å². The Balaban J connectivity index is 0. The number of hydrogen-bond acceptors (Lipinski definition) is 1.